The fourth-order valence-electron chi connectivity index (χ4n) is 3.34. The minimum absolute atomic E-state index is 0.122. The lowest BCUT2D eigenvalue weighted by molar-refractivity contribution is -0.132. The van der Waals surface area contributed by atoms with Crippen LogP contribution in [0.15, 0.2) is 0 Å². The van der Waals surface area contributed by atoms with Crippen LogP contribution in [0, 0.1) is 5.92 Å². The van der Waals surface area contributed by atoms with Crippen molar-refractivity contribution in [2.45, 2.75) is 25.9 Å². The van der Waals surface area contributed by atoms with Gasteiger partial charge in [-0.2, -0.15) is 0 Å². The molecule has 2 aliphatic rings. The van der Waals surface area contributed by atoms with Crippen LogP contribution in [-0.4, -0.2) is 110 Å². The van der Waals surface area contributed by atoms with Crippen molar-refractivity contribution in [1.29, 1.82) is 0 Å². The molecule has 0 spiro atoms. The number of carbonyl (C=O) groups excluding carboxylic acids is 1. The molecule has 1 amide bonds. The number of amides is 1. The number of likely N-dealkylation sites (N-methyl/N-ethyl adjacent to an activating group) is 2. The summed E-state index contributed by atoms with van der Waals surface area (Å²) in [7, 11) is 3.93. The molecule has 0 aliphatic carbocycles. The Kier molecular flexibility index (Phi) is 7.27. The van der Waals surface area contributed by atoms with Crippen LogP contribution < -0.4 is 0 Å². The molecule has 0 aromatic rings. The summed E-state index contributed by atoms with van der Waals surface area (Å²) in [5.74, 6) is 0.904. The highest BCUT2D eigenvalue weighted by atomic mass is 16.3. The largest absolute Gasteiger partial charge is 0.390 e. The van der Waals surface area contributed by atoms with Crippen LogP contribution in [0.2, 0.25) is 0 Å². The van der Waals surface area contributed by atoms with Gasteiger partial charge in [-0.1, -0.05) is 6.92 Å². The Labute approximate surface area is 141 Å². The van der Waals surface area contributed by atoms with Crippen molar-refractivity contribution in [3.05, 3.63) is 0 Å². The zero-order valence-electron chi connectivity index (χ0n) is 15.1. The van der Waals surface area contributed by atoms with Gasteiger partial charge in [0.15, 0.2) is 0 Å². The molecular formula is C17H34N4O2. The summed E-state index contributed by atoms with van der Waals surface area (Å²) in [6, 6.07) is 0. The number of hydrogen-bond acceptors (Lipinski definition) is 5. The predicted molar refractivity (Wildman–Crippen MR) is 92.4 cm³/mol. The summed E-state index contributed by atoms with van der Waals surface area (Å²) in [5, 5.41) is 10.3. The van der Waals surface area contributed by atoms with E-state index >= 15 is 0 Å². The number of nitrogens with zero attached hydrogens (tertiary/aromatic N) is 4. The average molecular weight is 326 g/mol. The van der Waals surface area contributed by atoms with E-state index in [-0.39, 0.29) is 5.91 Å². The van der Waals surface area contributed by atoms with Gasteiger partial charge in [0.05, 0.1) is 12.6 Å². The fourth-order valence-corrected chi connectivity index (χ4v) is 3.34. The maximum atomic E-state index is 12.3. The molecule has 0 aromatic carbocycles. The molecule has 6 nitrogen and oxygen atoms in total. The quantitative estimate of drug-likeness (QED) is 0.732. The molecule has 134 valence electrons. The Morgan fingerprint density at radius 2 is 1.74 bits per heavy atom. The summed E-state index contributed by atoms with van der Waals surface area (Å²) in [6.07, 6.45) is 1.90. The maximum absolute atomic E-state index is 12.3. The van der Waals surface area contributed by atoms with E-state index in [1.807, 2.05) is 7.05 Å². The average Bonchev–Trinajstić information content (AvgIpc) is 2.51. The first-order valence-electron chi connectivity index (χ1n) is 8.99. The monoisotopic (exact) mass is 326 g/mol. The minimum atomic E-state index is -0.464. The molecule has 2 aliphatic heterocycles. The molecule has 2 saturated heterocycles. The van der Waals surface area contributed by atoms with Gasteiger partial charge in [0.2, 0.25) is 5.91 Å². The number of piperidine rings is 1. The third kappa shape index (κ3) is 6.37. The maximum Gasteiger partial charge on any atom is 0.236 e. The minimum Gasteiger partial charge on any atom is -0.390 e. The van der Waals surface area contributed by atoms with Crippen LogP contribution in [0.5, 0.6) is 0 Å². The lowest BCUT2D eigenvalue weighted by Gasteiger charge is -2.34. The second-order valence-corrected chi connectivity index (χ2v) is 7.49. The Morgan fingerprint density at radius 1 is 1.13 bits per heavy atom. The smallest absolute Gasteiger partial charge is 0.236 e. The number of piperazine rings is 1. The van der Waals surface area contributed by atoms with Crippen LogP contribution >= 0.6 is 0 Å². The third-order valence-corrected chi connectivity index (χ3v) is 5.21. The SMILES string of the molecule is CC1CCN(CC(=O)N(C)CC(O)CN2CCN(C)CC2)CC1. The van der Waals surface area contributed by atoms with Crippen molar-refractivity contribution >= 4 is 5.91 Å². The van der Waals surface area contributed by atoms with Gasteiger partial charge in [0.1, 0.15) is 0 Å². The highest BCUT2D eigenvalue weighted by Crippen LogP contribution is 2.15. The molecule has 0 aromatic heterocycles. The van der Waals surface area contributed by atoms with Crippen molar-refractivity contribution in [2.24, 2.45) is 5.92 Å². The molecule has 0 radical (unpaired) electrons. The third-order valence-electron chi connectivity index (χ3n) is 5.21. The summed E-state index contributed by atoms with van der Waals surface area (Å²) < 4.78 is 0. The van der Waals surface area contributed by atoms with E-state index in [9.17, 15) is 9.90 Å². The molecular weight excluding hydrogens is 292 g/mol. The summed E-state index contributed by atoms with van der Waals surface area (Å²) >= 11 is 0. The predicted octanol–water partition coefficient (Wildman–Crippen LogP) is -0.215. The molecule has 2 rings (SSSR count). The first kappa shape index (κ1) is 18.6. The van der Waals surface area contributed by atoms with Gasteiger partial charge in [-0.15, -0.1) is 0 Å². The topological polar surface area (TPSA) is 50.3 Å². The Bertz CT molecular complexity index is 364. The standard InChI is InChI=1S/C17H34N4O2/c1-15-4-6-20(7-5-15)14-17(23)19(3)12-16(22)13-21-10-8-18(2)9-11-21/h15-16,22H,4-14H2,1-3H3. The molecule has 1 atom stereocenters. The van der Waals surface area contributed by atoms with Crippen molar-refractivity contribution in [2.75, 3.05) is 73.0 Å². The van der Waals surface area contributed by atoms with Crippen molar-refractivity contribution < 1.29 is 9.90 Å². The number of aliphatic hydroxyl groups is 1. The van der Waals surface area contributed by atoms with Crippen molar-refractivity contribution in [3.63, 3.8) is 0 Å². The van der Waals surface area contributed by atoms with E-state index in [1.165, 1.54) is 12.8 Å². The van der Waals surface area contributed by atoms with E-state index in [4.69, 9.17) is 0 Å². The van der Waals surface area contributed by atoms with Gasteiger partial charge in [0, 0.05) is 46.3 Å². The highest BCUT2D eigenvalue weighted by Gasteiger charge is 2.22. The van der Waals surface area contributed by atoms with E-state index in [2.05, 4.69) is 28.7 Å². The van der Waals surface area contributed by atoms with Crippen molar-refractivity contribution in [3.8, 4) is 0 Å². The Balaban J connectivity index is 1.66. The molecule has 0 bridgehead atoms. The van der Waals surface area contributed by atoms with Gasteiger partial charge in [-0.05, 0) is 38.9 Å². The zero-order chi connectivity index (χ0) is 16.8. The van der Waals surface area contributed by atoms with Gasteiger partial charge in [0.25, 0.3) is 0 Å². The van der Waals surface area contributed by atoms with E-state index < -0.39 is 6.10 Å². The summed E-state index contributed by atoms with van der Waals surface area (Å²) in [5.41, 5.74) is 0. The fraction of sp³-hybridized carbons (Fsp3) is 0.941. The van der Waals surface area contributed by atoms with Gasteiger partial charge in [-0.25, -0.2) is 0 Å². The molecule has 2 fully saturated rings. The first-order chi connectivity index (χ1) is 10.9. The van der Waals surface area contributed by atoms with E-state index in [1.54, 1.807) is 4.90 Å². The number of aliphatic hydroxyl groups excluding tert-OH is 1. The number of rotatable bonds is 6. The second-order valence-electron chi connectivity index (χ2n) is 7.49. The van der Waals surface area contributed by atoms with Crippen LogP contribution in [0.25, 0.3) is 0 Å². The highest BCUT2D eigenvalue weighted by molar-refractivity contribution is 5.78. The number of hydrogen-bond donors (Lipinski definition) is 1. The molecule has 1 N–H and O–H groups in total. The lowest BCUT2D eigenvalue weighted by Crippen LogP contribution is -2.49. The lowest BCUT2D eigenvalue weighted by atomic mass is 9.99. The second kappa shape index (κ2) is 8.97. The normalized spacial score (nSPS) is 23.8. The van der Waals surface area contributed by atoms with Gasteiger partial charge in [-0.3, -0.25) is 14.6 Å². The molecule has 6 heteroatoms. The van der Waals surface area contributed by atoms with E-state index in [0.29, 0.717) is 19.6 Å². The molecule has 1 unspecified atom stereocenters. The number of likely N-dealkylation sites (tertiary alicyclic amines) is 1. The Hall–Kier alpha value is -0.690. The van der Waals surface area contributed by atoms with Gasteiger partial charge < -0.3 is 14.9 Å². The van der Waals surface area contributed by atoms with Crippen LogP contribution in [0.4, 0.5) is 0 Å². The van der Waals surface area contributed by atoms with Crippen LogP contribution in [-0.2, 0) is 4.79 Å². The molecule has 23 heavy (non-hydrogen) atoms. The first-order valence-corrected chi connectivity index (χ1v) is 8.99. The number of β-amino-alcohol motifs (C(OH)–C–C–N with tert-alkyl or cyclic N) is 1. The van der Waals surface area contributed by atoms with Crippen LogP contribution in [0.1, 0.15) is 19.8 Å². The number of carbonyl (C=O) groups is 1. The van der Waals surface area contributed by atoms with Crippen LogP contribution in [0.3, 0.4) is 0 Å². The van der Waals surface area contributed by atoms with E-state index in [0.717, 1.165) is 45.2 Å². The summed E-state index contributed by atoms with van der Waals surface area (Å²) in [4.78, 5) is 20.8. The van der Waals surface area contributed by atoms with Crippen molar-refractivity contribution in [1.82, 2.24) is 19.6 Å². The molecule has 0 saturated carbocycles. The zero-order valence-corrected chi connectivity index (χ0v) is 15.1. The Morgan fingerprint density at radius 3 is 2.35 bits per heavy atom. The van der Waals surface area contributed by atoms with Gasteiger partial charge >= 0.3 is 0 Å². The summed E-state index contributed by atoms with van der Waals surface area (Å²) in [6.45, 7) is 9.99. The molecule has 2 heterocycles.